The van der Waals surface area contributed by atoms with E-state index in [1.165, 1.54) is 11.3 Å². The summed E-state index contributed by atoms with van der Waals surface area (Å²) < 4.78 is 0.964. The minimum atomic E-state index is 0.164. The summed E-state index contributed by atoms with van der Waals surface area (Å²) in [6.45, 7) is 11.2. The Hall–Kier alpha value is -0.760. The van der Waals surface area contributed by atoms with Crippen molar-refractivity contribution in [3.63, 3.8) is 0 Å². The highest BCUT2D eigenvalue weighted by molar-refractivity contribution is 9.11. The zero-order chi connectivity index (χ0) is 11.5. The Morgan fingerprint density at radius 2 is 1.93 bits per heavy atom. The predicted molar refractivity (Wildman–Crippen MR) is 71.7 cm³/mol. The molecule has 0 spiro atoms. The van der Waals surface area contributed by atoms with Crippen molar-refractivity contribution in [2.75, 3.05) is 11.9 Å². The third kappa shape index (κ3) is 3.71. The molecule has 0 aliphatic carbocycles. The Kier molecular flexibility index (Phi) is 3.97. The molecule has 0 amide bonds. The van der Waals surface area contributed by atoms with Crippen molar-refractivity contribution in [1.29, 1.82) is 0 Å². The van der Waals surface area contributed by atoms with Gasteiger partial charge >= 0.3 is 0 Å². The average molecular weight is 268 g/mol. The van der Waals surface area contributed by atoms with E-state index in [0.717, 1.165) is 11.0 Å². The summed E-state index contributed by atoms with van der Waals surface area (Å²) in [6.07, 6.45) is 0. The van der Waals surface area contributed by atoms with Gasteiger partial charge in [-0.1, -0.05) is 61.5 Å². The molecule has 15 heavy (non-hydrogen) atoms. The minimum absolute atomic E-state index is 0.164. The average Bonchev–Trinajstić information content (AvgIpc) is 2.13. The highest BCUT2D eigenvalue weighted by Gasteiger charge is 2.16. The number of para-hydroxylation sites is 1. The second-order valence-corrected chi connectivity index (χ2v) is 5.79. The van der Waals surface area contributed by atoms with Gasteiger partial charge in [0.25, 0.3) is 0 Å². The first-order valence-corrected chi connectivity index (χ1v) is 5.87. The first kappa shape index (κ1) is 12.3. The molecule has 2 heteroatoms. The van der Waals surface area contributed by atoms with Crippen LogP contribution in [0.2, 0.25) is 0 Å². The Morgan fingerprint density at radius 1 is 1.33 bits per heavy atom. The zero-order valence-corrected chi connectivity index (χ0v) is 11.2. The lowest BCUT2D eigenvalue weighted by atomic mass is 9.86. The molecule has 0 aliphatic rings. The van der Waals surface area contributed by atoms with Gasteiger partial charge < -0.3 is 5.32 Å². The van der Waals surface area contributed by atoms with Crippen molar-refractivity contribution in [2.45, 2.75) is 26.2 Å². The van der Waals surface area contributed by atoms with Crippen LogP contribution in [0, 0.1) is 0 Å². The van der Waals surface area contributed by atoms with Crippen LogP contribution >= 0.6 is 15.9 Å². The maximum Gasteiger partial charge on any atom is 0.0460 e. The molecule has 1 nitrogen and oxygen atoms in total. The standard InChI is InChI=1S/C13H18BrN/c1-10(14)9-15-12-8-6-5-7-11(12)13(2,3)4/h5-8,15H,1,9H2,2-4H3. The maximum absolute atomic E-state index is 3.82. The van der Waals surface area contributed by atoms with Crippen LogP contribution in [-0.2, 0) is 5.41 Å². The third-order valence-corrected chi connectivity index (χ3v) is 2.49. The van der Waals surface area contributed by atoms with E-state index in [-0.39, 0.29) is 5.41 Å². The quantitative estimate of drug-likeness (QED) is 0.861. The number of benzene rings is 1. The summed E-state index contributed by atoms with van der Waals surface area (Å²) in [7, 11) is 0. The van der Waals surface area contributed by atoms with Gasteiger partial charge in [0.1, 0.15) is 0 Å². The molecule has 0 saturated carbocycles. The molecule has 1 rings (SSSR count). The fraction of sp³-hybridized carbons (Fsp3) is 0.385. The van der Waals surface area contributed by atoms with Crippen LogP contribution in [-0.4, -0.2) is 6.54 Å². The summed E-state index contributed by atoms with van der Waals surface area (Å²) in [6, 6.07) is 8.40. The van der Waals surface area contributed by atoms with Gasteiger partial charge in [-0.05, 0) is 17.0 Å². The summed E-state index contributed by atoms with van der Waals surface area (Å²) in [5, 5.41) is 3.37. The Balaban J connectivity index is 2.92. The van der Waals surface area contributed by atoms with Crippen molar-refractivity contribution in [3.05, 3.63) is 40.9 Å². The van der Waals surface area contributed by atoms with Crippen molar-refractivity contribution >= 4 is 21.6 Å². The largest absolute Gasteiger partial charge is 0.380 e. The number of nitrogens with one attached hydrogen (secondary N) is 1. The van der Waals surface area contributed by atoms with Crippen LogP contribution in [0.4, 0.5) is 5.69 Å². The minimum Gasteiger partial charge on any atom is -0.380 e. The van der Waals surface area contributed by atoms with E-state index < -0.39 is 0 Å². The van der Waals surface area contributed by atoms with Gasteiger partial charge in [-0.15, -0.1) is 0 Å². The van der Waals surface area contributed by atoms with Crippen molar-refractivity contribution < 1.29 is 0 Å². The SMILES string of the molecule is C=C(Br)CNc1ccccc1C(C)(C)C. The fourth-order valence-electron chi connectivity index (χ4n) is 1.48. The second kappa shape index (κ2) is 4.84. The van der Waals surface area contributed by atoms with E-state index in [9.17, 15) is 0 Å². The number of anilines is 1. The number of hydrogen-bond donors (Lipinski definition) is 1. The van der Waals surface area contributed by atoms with E-state index in [0.29, 0.717) is 0 Å². The lowest BCUT2D eigenvalue weighted by molar-refractivity contribution is 0.592. The molecule has 0 aromatic heterocycles. The highest BCUT2D eigenvalue weighted by Crippen LogP contribution is 2.29. The summed E-state index contributed by atoms with van der Waals surface area (Å²) in [4.78, 5) is 0. The molecule has 0 saturated heterocycles. The molecular weight excluding hydrogens is 250 g/mol. The maximum atomic E-state index is 3.82. The lowest BCUT2D eigenvalue weighted by Crippen LogP contribution is -2.15. The molecule has 0 aliphatic heterocycles. The van der Waals surface area contributed by atoms with Crippen molar-refractivity contribution in [3.8, 4) is 0 Å². The summed E-state index contributed by atoms with van der Waals surface area (Å²) in [5.41, 5.74) is 2.68. The van der Waals surface area contributed by atoms with Crippen molar-refractivity contribution in [2.24, 2.45) is 0 Å². The third-order valence-electron chi connectivity index (χ3n) is 2.21. The van der Waals surface area contributed by atoms with Crippen LogP contribution in [0.5, 0.6) is 0 Å². The smallest absolute Gasteiger partial charge is 0.0460 e. The second-order valence-electron chi connectivity index (χ2n) is 4.67. The van der Waals surface area contributed by atoms with Gasteiger partial charge in [0.05, 0.1) is 0 Å². The van der Waals surface area contributed by atoms with Gasteiger partial charge in [0, 0.05) is 16.7 Å². The molecule has 0 radical (unpaired) electrons. The van der Waals surface area contributed by atoms with Gasteiger partial charge in [-0.25, -0.2) is 0 Å². The Bertz CT molecular complexity index is 350. The lowest BCUT2D eigenvalue weighted by Gasteiger charge is -2.23. The van der Waals surface area contributed by atoms with Crippen molar-refractivity contribution in [1.82, 2.24) is 0 Å². The molecule has 0 atom stereocenters. The molecule has 82 valence electrons. The molecule has 0 unspecified atom stereocenters. The van der Waals surface area contributed by atoms with Crippen LogP contribution in [0.15, 0.2) is 35.3 Å². The van der Waals surface area contributed by atoms with Gasteiger partial charge in [0.15, 0.2) is 0 Å². The fourth-order valence-corrected chi connectivity index (χ4v) is 1.62. The van der Waals surface area contributed by atoms with Crippen LogP contribution in [0.25, 0.3) is 0 Å². The molecule has 0 fully saturated rings. The monoisotopic (exact) mass is 267 g/mol. The molecule has 1 N–H and O–H groups in total. The van der Waals surface area contributed by atoms with Crippen LogP contribution < -0.4 is 5.32 Å². The zero-order valence-electron chi connectivity index (χ0n) is 9.60. The number of halogens is 1. The van der Waals surface area contributed by atoms with E-state index in [1.807, 2.05) is 0 Å². The Labute approximate surface area is 101 Å². The van der Waals surface area contributed by atoms with Gasteiger partial charge in [0.2, 0.25) is 0 Å². The first-order valence-electron chi connectivity index (χ1n) is 5.08. The topological polar surface area (TPSA) is 12.0 Å². The summed E-state index contributed by atoms with van der Waals surface area (Å²) in [5.74, 6) is 0. The van der Waals surface area contributed by atoms with Gasteiger partial charge in [-0.3, -0.25) is 0 Å². The van der Waals surface area contributed by atoms with E-state index in [4.69, 9.17) is 0 Å². The van der Waals surface area contributed by atoms with E-state index >= 15 is 0 Å². The molecular formula is C13H18BrN. The molecule has 0 heterocycles. The van der Waals surface area contributed by atoms with E-state index in [1.54, 1.807) is 0 Å². The molecule has 1 aromatic carbocycles. The van der Waals surface area contributed by atoms with E-state index in [2.05, 4.69) is 72.9 Å². The Morgan fingerprint density at radius 3 is 2.47 bits per heavy atom. The first-order chi connectivity index (χ1) is 6.91. The predicted octanol–water partition coefficient (Wildman–Crippen LogP) is 4.30. The summed E-state index contributed by atoms with van der Waals surface area (Å²) >= 11 is 3.35. The number of hydrogen-bond acceptors (Lipinski definition) is 1. The number of rotatable bonds is 3. The molecule has 1 aromatic rings. The molecule has 0 bridgehead atoms. The normalized spacial score (nSPS) is 11.2. The highest BCUT2D eigenvalue weighted by atomic mass is 79.9. The van der Waals surface area contributed by atoms with Crippen LogP contribution in [0.1, 0.15) is 26.3 Å². The van der Waals surface area contributed by atoms with Crippen LogP contribution in [0.3, 0.4) is 0 Å². The van der Waals surface area contributed by atoms with Gasteiger partial charge in [-0.2, -0.15) is 0 Å².